The SMILES string of the molecule is CC(C)=CCCC(C)C1CCC2(C)C3=C(CCC12C)C1(C)CCC(OC(=O)CC(Cl)=C(Cl)Cl)C(C)(C)C1CC3. The van der Waals surface area contributed by atoms with Crippen molar-refractivity contribution in [1.82, 2.24) is 0 Å². The molecular weight excluding hydrogens is 547 g/mol. The summed E-state index contributed by atoms with van der Waals surface area (Å²) in [5, 5.41) is 0.147. The second-order valence-electron chi connectivity index (χ2n) is 14.9. The van der Waals surface area contributed by atoms with E-state index in [2.05, 4.69) is 61.5 Å². The van der Waals surface area contributed by atoms with E-state index in [-0.39, 0.29) is 38.8 Å². The third kappa shape index (κ3) is 5.43. The van der Waals surface area contributed by atoms with E-state index in [0.717, 1.165) is 24.7 Å². The maximum Gasteiger partial charge on any atom is 0.311 e. The Bertz CT molecular complexity index is 1060. The molecule has 7 unspecified atom stereocenters. The normalized spacial score (nSPS) is 37.8. The van der Waals surface area contributed by atoms with E-state index >= 15 is 0 Å². The summed E-state index contributed by atoms with van der Waals surface area (Å²) in [4.78, 5) is 12.7. The molecule has 2 saturated carbocycles. The van der Waals surface area contributed by atoms with Gasteiger partial charge in [0.15, 0.2) is 0 Å². The molecule has 4 aliphatic rings. The molecule has 2 nitrogen and oxygen atoms in total. The second-order valence-corrected chi connectivity index (χ2v) is 16.3. The highest BCUT2D eigenvalue weighted by Gasteiger charge is 2.63. The molecule has 0 saturated heterocycles. The van der Waals surface area contributed by atoms with E-state index in [0.29, 0.717) is 16.7 Å². The number of ether oxygens (including phenoxy) is 1. The Balaban J connectivity index is 1.56. The van der Waals surface area contributed by atoms with Gasteiger partial charge in [0.05, 0.1) is 11.5 Å². The van der Waals surface area contributed by atoms with Crippen molar-refractivity contribution in [2.24, 2.45) is 39.4 Å². The minimum atomic E-state index is -0.340. The Kier molecular flexibility index (Phi) is 9.15. The van der Waals surface area contributed by atoms with Gasteiger partial charge in [-0.25, -0.2) is 0 Å². The first-order chi connectivity index (χ1) is 18.1. The lowest BCUT2D eigenvalue weighted by atomic mass is 9.43. The number of halogens is 3. The van der Waals surface area contributed by atoms with E-state index in [4.69, 9.17) is 39.5 Å². The fourth-order valence-electron chi connectivity index (χ4n) is 10.1. The van der Waals surface area contributed by atoms with Gasteiger partial charge in [0.1, 0.15) is 10.6 Å². The lowest BCUT2D eigenvalue weighted by Gasteiger charge is -2.62. The van der Waals surface area contributed by atoms with Crippen LogP contribution in [0.5, 0.6) is 0 Å². The molecule has 4 rings (SSSR count). The molecule has 0 heterocycles. The van der Waals surface area contributed by atoms with E-state index < -0.39 is 0 Å². The standard InChI is InChI=1S/C34H51Cl3O2/c1-21(2)10-9-11-22(3)23-14-18-34(8)25-12-13-27-31(4,5)28(39-29(38)20-26(35)30(36)37)16-17-32(27,6)24(25)15-19-33(23,34)7/h10,22-23,27-28H,9,11-20H2,1-8H3. The number of carbonyl (C=O) groups is 1. The van der Waals surface area contributed by atoms with Crippen LogP contribution < -0.4 is 0 Å². The molecule has 5 heteroatoms. The molecule has 0 bridgehead atoms. The smallest absolute Gasteiger partial charge is 0.311 e. The molecule has 2 fully saturated rings. The van der Waals surface area contributed by atoms with Crippen LogP contribution in [0.1, 0.15) is 126 Å². The van der Waals surface area contributed by atoms with Crippen molar-refractivity contribution < 1.29 is 9.53 Å². The first-order valence-electron chi connectivity index (χ1n) is 15.3. The monoisotopic (exact) mass is 596 g/mol. The number of fused-ring (bicyclic) bond motifs is 4. The van der Waals surface area contributed by atoms with Crippen LogP contribution in [0.25, 0.3) is 0 Å². The molecule has 0 radical (unpaired) electrons. The molecule has 0 aromatic rings. The number of rotatable bonds is 7. The van der Waals surface area contributed by atoms with Crippen LogP contribution >= 0.6 is 34.8 Å². The largest absolute Gasteiger partial charge is 0.462 e. The van der Waals surface area contributed by atoms with E-state index in [1.807, 2.05) is 5.57 Å². The van der Waals surface area contributed by atoms with Gasteiger partial charge in [-0.15, -0.1) is 0 Å². The highest BCUT2D eigenvalue weighted by atomic mass is 35.5. The maximum atomic E-state index is 12.7. The van der Waals surface area contributed by atoms with Gasteiger partial charge < -0.3 is 4.74 Å². The van der Waals surface area contributed by atoms with Crippen LogP contribution in [0.15, 0.2) is 32.3 Å². The molecule has 0 aromatic heterocycles. The van der Waals surface area contributed by atoms with Gasteiger partial charge in [-0.1, -0.05) is 99.1 Å². The molecule has 39 heavy (non-hydrogen) atoms. The quantitative estimate of drug-likeness (QED) is 0.215. The topological polar surface area (TPSA) is 26.3 Å². The van der Waals surface area contributed by atoms with Crippen LogP contribution in [0, 0.1) is 39.4 Å². The van der Waals surface area contributed by atoms with Crippen molar-refractivity contribution in [3.8, 4) is 0 Å². The number of esters is 1. The molecule has 7 atom stereocenters. The zero-order valence-electron chi connectivity index (χ0n) is 25.6. The Morgan fingerprint density at radius 3 is 2.31 bits per heavy atom. The van der Waals surface area contributed by atoms with Gasteiger partial charge >= 0.3 is 5.97 Å². The lowest BCUT2D eigenvalue weighted by molar-refractivity contribution is -0.168. The van der Waals surface area contributed by atoms with Gasteiger partial charge in [-0.2, -0.15) is 0 Å². The average molecular weight is 598 g/mol. The molecule has 0 N–H and O–H groups in total. The Labute approximate surface area is 253 Å². The van der Waals surface area contributed by atoms with Gasteiger partial charge in [-0.3, -0.25) is 4.79 Å². The number of hydrogen-bond acceptors (Lipinski definition) is 2. The van der Waals surface area contributed by atoms with Crippen molar-refractivity contribution in [2.45, 2.75) is 132 Å². The maximum absolute atomic E-state index is 12.7. The van der Waals surface area contributed by atoms with Crippen molar-refractivity contribution in [3.05, 3.63) is 32.3 Å². The summed E-state index contributed by atoms with van der Waals surface area (Å²) >= 11 is 17.6. The predicted octanol–water partition coefficient (Wildman–Crippen LogP) is 11.3. The average Bonchev–Trinajstić information content (AvgIpc) is 3.12. The summed E-state index contributed by atoms with van der Waals surface area (Å²) in [6.45, 7) is 19.4. The van der Waals surface area contributed by atoms with Gasteiger partial charge in [0, 0.05) is 5.41 Å². The summed E-state index contributed by atoms with van der Waals surface area (Å²) < 4.78 is 5.99. The summed E-state index contributed by atoms with van der Waals surface area (Å²) in [6, 6.07) is 0. The van der Waals surface area contributed by atoms with Crippen molar-refractivity contribution in [1.29, 1.82) is 0 Å². The Hall–Kier alpha value is -0.440. The molecule has 220 valence electrons. The van der Waals surface area contributed by atoms with Crippen molar-refractivity contribution >= 4 is 40.8 Å². The minimum absolute atomic E-state index is 0.0647. The molecule has 0 aliphatic heterocycles. The van der Waals surface area contributed by atoms with Crippen LogP contribution in [-0.4, -0.2) is 12.1 Å². The third-order valence-corrected chi connectivity index (χ3v) is 13.4. The van der Waals surface area contributed by atoms with Crippen LogP contribution in [0.3, 0.4) is 0 Å². The van der Waals surface area contributed by atoms with Gasteiger partial charge in [0.2, 0.25) is 0 Å². The zero-order valence-corrected chi connectivity index (χ0v) is 27.9. The van der Waals surface area contributed by atoms with Crippen LogP contribution in [0.2, 0.25) is 0 Å². The van der Waals surface area contributed by atoms with E-state index in [9.17, 15) is 4.79 Å². The summed E-state index contributed by atoms with van der Waals surface area (Å²) in [6.07, 6.45) is 14.3. The Morgan fingerprint density at radius 2 is 1.67 bits per heavy atom. The highest BCUT2D eigenvalue weighted by molar-refractivity contribution is 6.59. The van der Waals surface area contributed by atoms with Crippen LogP contribution in [0.4, 0.5) is 0 Å². The van der Waals surface area contributed by atoms with Crippen molar-refractivity contribution in [2.75, 3.05) is 0 Å². The molecular formula is C34H51Cl3O2. The summed E-state index contributed by atoms with van der Waals surface area (Å²) in [5.74, 6) is 1.73. The minimum Gasteiger partial charge on any atom is -0.462 e. The predicted molar refractivity (Wildman–Crippen MR) is 166 cm³/mol. The van der Waals surface area contributed by atoms with Crippen LogP contribution in [-0.2, 0) is 9.53 Å². The van der Waals surface area contributed by atoms with Crippen molar-refractivity contribution in [3.63, 3.8) is 0 Å². The number of hydrogen-bond donors (Lipinski definition) is 0. The third-order valence-electron chi connectivity index (χ3n) is 12.4. The molecule has 0 aromatic carbocycles. The molecule has 0 spiro atoms. The highest BCUT2D eigenvalue weighted by Crippen LogP contribution is 2.72. The van der Waals surface area contributed by atoms with Gasteiger partial charge in [0.25, 0.3) is 0 Å². The van der Waals surface area contributed by atoms with Gasteiger partial charge in [-0.05, 0) is 112 Å². The van der Waals surface area contributed by atoms with E-state index in [1.54, 1.807) is 5.57 Å². The number of allylic oxidation sites excluding steroid dienone is 4. The second kappa shape index (κ2) is 11.3. The number of carbonyl (C=O) groups excluding carboxylic acids is 1. The summed E-state index contributed by atoms with van der Waals surface area (Å²) in [5.41, 5.74) is 5.79. The van der Waals surface area contributed by atoms with E-state index in [1.165, 1.54) is 56.9 Å². The zero-order chi connectivity index (χ0) is 29.0. The molecule has 0 amide bonds. The first-order valence-corrected chi connectivity index (χ1v) is 16.5. The Morgan fingerprint density at radius 1 is 0.974 bits per heavy atom. The fourth-order valence-corrected chi connectivity index (χ4v) is 10.3. The summed E-state index contributed by atoms with van der Waals surface area (Å²) in [7, 11) is 0. The molecule has 4 aliphatic carbocycles. The first kappa shape index (κ1) is 31.5. The fraction of sp³-hybridized carbons (Fsp3) is 0.794. The lowest BCUT2D eigenvalue weighted by Crippen LogP contribution is -2.55.